The van der Waals surface area contributed by atoms with Crippen LogP contribution in [0.4, 0.5) is 0 Å². The van der Waals surface area contributed by atoms with Gasteiger partial charge in [0.25, 0.3) is 0 Å². The summed E-state index contributed by atoms with van der Waals surface area (Å²) in [5, 5.41) is 9.95. The smallest absolute Gasteiger partial charge is 0.120 e. The lowest BCUT2D eigenvalue weighted by molar-refractivity contribution is 0.172. The van der Waals surface area contributed by atoms with Gasteiger partial charge < -0.3 is 10.0 Å². The molecule has 0 bridgehead atoms. The molecule has 5 nitrogen and oxygen atoms in total. The van der Waals surface area contributed by atoms with Crippen LogP contribution < -0.4 is 0 Å². The first-order chi connectivity index (χ1) is 10.2. The molecule has 0 aromatic heterocycles. The third-order valence-electron chi connectivity index (χ3n) is 3.93. The quantitative estimate of drug-likeness (QED) is 0.775. The minimum absolute atomic E-state index is 0.394. The van der Waals surface area contributed by atoms with Crippen molar-refractivity contribution in [2.75, 3.05) is 32.7 Å². The van der Waals surface area contributed by atoms with Crippen LogP contribution in [0, 0.1) is 3.57 Å². The fraction of sp³-hybridized carbons (Fsp3) is 0.467. The minimum Gasteiger partial charge on any atom is -0.508 e. The van der Waals surface area contributed by atoms with E-state index in [4.69, 9.17) is 0 Å². The molecular formula is C15H19IN4O. The van der Waals surface area contributed by atoms with E-state index in [1.165, 1.54) is 5.84 Å². The number of phenolic OH excluding ortho intramolecular Hbond substituents is 1. The number of benzene rings is 1. The molecule has 0 radical (unpaired) electrons. The van der Waals surface area contributed by atoms with Crippen molar-refractivity contribution in [3.63, 3.8) is 0 Å². The number of hydrogen-bond donors (Lipinski definition) is 1. The summed E-state index contributed by atoms with van der Waals surface area (Å²) in [6.07, 6.45) is 2.63. The maximum absolute atomic E-state index is 9.95. The van der Waals surface area contributed by atoms with Gasteiger partial charge in [0.05, 0.1) is 0 Å². The molecule has 1 N–H and O–H groups in total. The van der Waals surface area contributed by atoms with Gasteiger partial charge in [0, 0.05) is 54.8 Å². The van der Waals surface area contributed by atoms with Crippen molar-refractivity contribution >= 4 is 34.8 Å². The van der Waals surface area contributed by atoms with E-state index in [0.29, 0.717) is 5.75 Å². The number of aromatic hydroxyl groups is 1. The van der Waals surface area contributed by atoms with Crippen LogP contribution >= 0.6 is 22.6 Å². The average Bonchev–Trinajstić information content (AvgIpc) is 2.53. The molecule has 1 aromatic carbocycles. The maximum Gasteiger partial charge on any atom is 0.120 e. The van der Waals surface area contributed by atoms with Crippen molar-refractivity contribution in [2.45, 2.75) is 13.0 Å². The second-order valence-electron chi connectivity index (χ2n) is 5.35. The van der Waals surface area contributed by atoms with Gasteiger partial charge in [-0.05, 0) is 40.8 Å². The fourth-order valence-corrected chi connectivity index (χ4v) is 3.28. The first-order valence-corrected chi connectivity index (χ1v) is 8.30. The van der Waals surface area contributed by atoms with Crippen LogP contribution in [0.3, 0.4) is 0 Å². The predicted molar refractivity (Wildman–Crippen MR) is 93.1 cm³/mol. The number of piperazine rings is 1. The third-order valence-corrected chi connectivity index (χ3v) is 4.60. The summed E-state index contributed by atoms with van der Waals surface area (Å²) in [5.41, 5.74) is 1.01. The van der Waals surface area contributed by atoms with Gasteiger partial charge in [0.2, 0.25) is 0 Å². The van der Waals surface area contributed by atoms with Crippen LogP contribution in [-0.2, 0) is 6.54 Å². The molecule has 0 aliphatic carbocycles. The van der Waals surface area contributed by atoms with Crippen LogP contribution in [0.15, 0.2) is 28.2 Å². The molecule has 1 aromatic rings. The van der Waals surface area contributed by atoms with Crippen LogP contribution in [0.2, 0.25) is 0 Å². The second-order valence-corrected chi connectivity index (χ2v) is 6.60. The van der Waals surface area contributed by atoms with Crippen LogP contribution in [0.5, 0.6) is 5.75 Å². The highest BCUT2D eigenvalue weighted by Crippen LogP contribution is 2.22. The van der Waals surface area contributed by atoms with Crippen molar-refractivity contribution in [3.8, 4) is 5.75 Å². The molecule has 0 unspecified atom stereocenters. The molecule has 3 rings (SSSR count). The summed E-state index contributed by atoms with van der Waals surface area (Å²) >= 11 is 2.28. The number of nitrogens with zero attached hydrogens (tertiary/aromatic N) is 4. The molecule has 0 spiro atoms. The Kier molecular flexibility index (Phi) is 4.74. The normalized spacial score (nSPS) is 19.7. The molecule has 6 heteroatoms. The lowest BCUT2D eigenvalue weighted by Crippen LogP contribution is -2.48. The van der Waals surface area contributed by atoms with Crippen molar-refractivity contribution in [1.29, 1.82) is 0 Å². The SMILES string of the molecule is Oc1ccc(I)cc1CN1CCN(C2=NC=NCC2)CC1. The van der Waals surface area contributed by atoms with Gasteiger partial charge in [0.1, 0.15) is 17.9 Å². The number of halogens is 1. The maximum atomic E-state index is 9.95. The highest BCUT2D eigenvalue weighted by atomic mass is 127. The standard InChI is InChI=1S/C15H19IN4O/c16-13-1-2-14(21)12(9-13)10-19-5-7-20(8-6-19)15-3-4-17-11-18-15/h1-2,9,11,21H,3-8,10H2. The van der Waals surface area contributed by atoms with E-state index in [-0.39, 0.29) is 0 Å². The Morgan fingerprint density at radius 2 is 2.00 bits per heavy atom. The first kappa shape index (κ1) is 14.8. The van der Waals surface area contributed by atoms with Crippen molar-refractivity contribution in [2.24, 2.45) is 9.98 Å². The number of amidine groups is 1. The number of hydrogen-bond acceptors (Lipinski definition) is 5. The molecule has 1 saturated heterocycles. The summed E-state index contributed by atoms with van der Waals surface area (Å²) < 4.78 is 1.16. The Hall–Kier alpha value is -1.15. The molecule has 0 saturated carbocycles. The van der Waals surface area contributed by atoms with Crippen molar-refractivity contribution in [3.05, 3.63) is 27.3 Å². The Balaban J connectivity index is 1.57. The van der Waals surface area contributed by atoms with E-state index in [1.807, 2.05) is 6.07 Å². The molecule has 1 fully saturated rings. The van der Waals surface area contributed by atoms with E-state index in [0.717, 1.165) is 54.8 Å². The van der Waals surface area contributed by atoms with E-state index in [9.17, 15) is 5.11 Å². The molecule has 0 amide bonds. The monoisotopic (exact) mass is 398 g/mol. The average molecular weight is 398 g/mol. The molecule has 2 aliphatic heterocycles. The zero-order valence-electron chi connectivity index (χ0n) is 11.9. The van der Waals surface area contributed by atoms with Gasteiger partial charge in [-0.2, -0.15) is 0 Å². The second kappa shape index (κ2) is 6.74. The van der Waals surface area contributed by atoms with Crippen molar-refractivity contribution in [1.82, 2.24) is 9.80 Å². The van der Waals surface area contributed by atoms with Gasteiger partial charge in [0.15, 0.2) is 0 Å². The number of rotatable bonds is 2. The zero-order chi connectivity index (χ0) is 14.7. The molecule has 0 atom stereocenters. The summed E-state index contributed by atoms with van der Waals surface area (Å²) in [4.78, 5) is 13.3. The Morgan fingerprint density at radius 1 is 1.19 bits per heavy atom. The first-order valence-electron chi connectivity index (χ1n) is 7.22. The summed E-state index contributed by atoms with van der Waals surface area (Å²) in [6, 6.07) is 5.77. The Bertz CT molecular complexity index is 565. The van der Waals surface area contributed by atoms with E-state index in [1.54, 1.807) is 12.4 Å². The van der Waals surface area contributed by atoms with Gasteiger partial charge in [-0.15, -0.1) is 0 Å². The molecule has 2 aliphatic rings. The van der Waals surface area contributed by atoms with Gasteiger partial charge in [-0.25, -0.2) is 4.99 Å². The lowest BCUT2D eigenvalue weighted by atomic mass is 10.1. The predicted octanol–water partition coefficient (Wildman–Crippen LogP) is 1.94. The highest BCUT2D eigenvalue weighted by Gasteiger charge is 2.20. The Labute approximate surface area is 138 Å². The minimum atomic E-state index is 0.394. The number of aliphatic imine (C=N–C) groups is 2. The van der Waals surface area contributed by atoms with Crippen LogP contribution in [-0.4, -0.2) is 59.8 Å². The molecule has 2 heterocycles. The Morgan fingerprint density at radius 3 is 2.71 bits per heavy atom. The fourth-order valence-electron chi connectivity index (χ4n) is 2.72. The molecular weight excluding hydrogens is 379 g/mol. The van der Waals surface area contributed by atoms with Gasteiger partial charge >= 0.3 is 0 Å². The molecule has 21 heavy (non-hydrogen) atoms. The van der Waals surface area contributed by atoms with Crippen LogP contribution in [0.25, 0.3) is 0 Å². The topological polar surface area (TPSA) is 51.4 Å². The summed E-state index contributed by atoms with van der Waals surface area (Å²) in [7, 11) is 0. The van der Waals surface area contributed by atoms with E-state index in [2.05, 4.69) is 48.4 Å². The summed E-state index contributed by atoms with van der Waals surface area (Å²) in [6.45, 7) is 5.66. The lowest BCUT2D eigenvalue weighted by Gasteiger charge is -2.36. The summed E-state index contributed by atoms with van der Waals surface area (Å²) in [5.74, 6) is 1.56. The molecule has 112 valence electrons. The third kappa shape index (κ3) is 3.74. The zero-order valence-corrected chi connectivity index (χ0v) is 14.0. The van der Waals surface area contributed by atoms with Crippen LogP contribution in [0.1, 0.15) is 12.0 Å². The highest BCUT2D eigenvalue weighted by molar-refractivity contribution is 14.1. The largest absolute Gasteiger partial charge is 0.508 e. The van der Waals surface area contributed by atoms with Crippen molar-refractivity contribution < 1.29 is 5.11 Å². The van der Waals surface area contributed by atoms with Gasteiger partial charge in [-0.3, -0.25) is 9.89 Å². The van der Waals surface area contributed by atoms with Gasteiger partial charge in [-0.1, -0.05) is 0 Å². The van der Waals surface area contributed by atoms with E-state index >= 15 is 0 Å². The van der Waals surface area contributed by atoms with E-state index < -0.39 is 0 Å². The number of phenols is 1.